The third-order valence-electron chi connectivity index (χ3n) is 8.48. The van der Waals surface area contributed by atoms with Crippen molar-refractivity contribution in [3.63, 3.8) is 0 Å². The van der Waals surface area contributed by atoms with Gasteiger partial charge in [-0.3, -0.25) is 14.4 Å². The molecule has 3 aliphatic carbocycles. The first-order valence-corrected chi connectivity index (χ1v) is 16.3. The van der Waals surface area contributed by atoms with E-state index in [-0.39, 0.29) is 34.5 Å². The molecule has 0 bridgehead atoms. The van der Waals surface area contributed by atoms with Crippen LogP contribution in [0, 0.1) is 5.92 Å². The number of benzene rings is 1. The molecule has 8 nitrogen and oxygen atoms in total. The highest BCUT2D eigenvalue weighted by Gasteiger charge is 2.46. The van der Waals surface area contributed by atoms with Gasteiger partial charge < -0.3 is 20.1 Å². The van der Waals surface area contributed by atoms with Crippen molar-refractivity contribution in [2.24, 2.45) is 5.92 Å². The molecule has 3 aromatic rings. The fraction of sp³-hybridized carbons (Fsp3) is 0.471. The zero-order valence-corrected chi connectivity index (χ0v) is 26.3. The van der Waals surface area contributed by atoms with Crippen LogP contribution in [-0.4, -0.2) is 51.8 Å². The number of hydrogen-bond acceptors (Lipinski definition) is 5. The van der Waals surface area contributed by atoms with E-state index < -0.39 is 30.8 Å². The van der Waals surface area contributed by atoms with Crippen LogP contribution < -0.4 is 16.2 Å². The fourth-order valence-corrected chi connectivity index (χ4v) is 5.77. The highest BCUT2D eigenvalue weighted by Crippen LogP contribution is 2.42. The Morgan fingerprint density at radius 2 is 1.73 bits per heavy atom. The predicted octanol–water partition coefficient (Wildman–Crippen LogP) is 6.65. The summed E-state index contributed by atoms with van der Waals surface area (Å²) >= 11 is 6.22. The van der Waals surface area contributed by atoms with Crippen LogP contribution in [0.4, 0.5) is 14.6 Å². The molecule has 1 aliphatic heterocycles. The number of pyridine rings is 2. The second-order valence-corrected chi connectivity index (χ2v) is 12.8. The lowest BCUT2D eigenvalue weighted by atomic mass is 9.96. The second kappa shape index (κ2) is 12.6. The quantitative estimate of drug-likeness (QED) is 0.260. The molecule has 4 fully saturated rings. The van der Waals surface area contributed by atoms with Crippen molar-refractivity contribution in [3.8, 4) is 11.1 Å². The fourth-order valence-electron chi connectivity index (χ4n) is 5.60. The molecule has 0 radical (unpaired) electrons. The minimum absolute atomic E-state index is 0.0545. The number of carbonyl (C=O) groups excluding carboxylic acids is 2. The van der Waals surface area contributed by atoms with E-state index in [0.717, 1.165) is 48.4 Å². The number of carbonyl (C=O) groups is 2. The van der Waals surface area contributed by atoms with Crippen molar-refractivity contribution in [2.75, 3.05) is 25.0 Å². The Morgan fingerprint density at radius 1 is 1.00 bits per heavy atom. The summed E-state index contributed by atoms with van der Waals surface area (Å²) in [6.45, 7) is 4.20. The third kappa shape index (κ3) is 7.28. The zero-order valence-electron chi connectivity index (χ0n) is 25.5. The number of likely N-dealkylation sites (tertiary alicyclic amines) is 1. The molecule has 1 aromatic carbocycles. The molecule has 238 valence electrons. The van der Waals surface area contributed by atoms with Gasteiger partial charge in [0.05, 0.1) is 13.1 Å². The summed E-state index contributed by atoms with van der Waals surface area (Å²) in [5, 5.41) is 6.59. The van der Waals surface area contributed by atoms with E-state index >= 15 is 0 Å². The minimum atomic E-state index is -2.90. The Bertz CT molecular complexity index is 1670. The standard InChI is InChI=1S/C32H32ClF2N5O3.C2H6/c33-22-5-8-24(25(12-22)30(42)39-16-32(34,35)17-39)21-10-27(20-3-4-20)37-28(11-21)38-29(41)26-9-19(14-36-13-18-1-2-18)15-40(31(26)43)23-6-7-23;1-2/h5,8-12,15,18,20,23,36H,1-4,6-7,13-14,16-17H2,(H,37,38,41);1-2H3. The molecular formula is C34H38ClF2N5O3. The van der Waals surface area contributed by atoms with E-state index in [9.17, 15) is 23.2 Å². The van der Waals surface area contributed by atoms with Crippen LogP contribution in [0.25, 0.3) is 11.1 Å². The number of halogens is 3. The third-order valence-corrected chi connectivity index (χ3v) is 8.72. The van der Waals surface area contributed by atoms with Gasteiger partial charge in [-0.2, -0.15) is 0 Å². The smallest absolute Gasteiger partial charge is 0.282 e. The number of nitrogens with zero attached hydrogens (tertiary/aromatic N) is 3. The first-order valence-electron chi connectivity index (χ1n) is 15.9. The number of anilines is 1. The predicted molar refractivity (Wildman–Crippen MR) is 170 cm³/mol. The van der Waals surface area contributed by atoms with Crippen LogP contribution in [0.5, 0.6) is 0 Å². The number of amides is 2. The Hall–Kier alpha value is -3.63. The number of hydrogen-bond donors (Lipinski definition) is 2. The number of rotatable bonds is 10. The first-order chi connectivity index (χ1) is 21.6. The minimum Gasteiger partial charge on any atom is -0.326 e. The van der Waals surface area contributed by atoms with Crippen LogP contribution in [0.3, 0.4) is 0 Å². The highest BCUT2D eigenvalue weighted by atomic mass is 35.5. The normalized spacial score (nSPS) is 18.5. The van der Waals surface area contributed by atoms with Crippen LogP contribution in [0.15, 0.2) is 47.4 Å². The second-order valence-electron chi connectivity index (χ2n) is 12.4. The molecule has 3 heterocycles. The maximum absolute atomic E-state index is 13.6. The molecule has 11 heteroatoms. The summed E-state index contributed by atoms with van der Waals surface area (Å²) in [5.41, 5.74) is 2.66. The van der Waals surface area contributed by atoms with E-state index in [1.54, 1.807) is 28.8 Å². The van der Waals surface area contributed by atoms with E-state index in [2.05, 4.69) is 15.6 Å². The topological polar surface area (TPSA) is 96.3 Å². The van der Waals surface area contributed by atoms with Gasteiger partial charge in [-0.25, -0.2) is 13.8 Å². The van der Waals surface area contributed by atoms with Crippen LogP contribution >= 0.6 is 11.6 Å². The van der Waals surface area contributed by atoms with E-state index in [1.807, 2.05) is 26.1 Å². The van der Waals surface area contributed by atoms with E-state index in [0.29, 0.717) is 28.6 Å². The summed E-state index contributed by atoms with van der Waals surface area (Å²) in [6.07, 6.45) is 8.03. The molecule has 0 atom stereocenters. The van der Waals surface area contributed by atoms with Gasteiger partial charge >= 0.3 is 0 Å². The highest BCUT2D eigenvalue weighted by molar-refractivity contribution is 6.31. The Morgan fingerprint density at radius 3 is 2.38 bits per heavy atom. The summed E-state index contributed by atoms with van der Waals surface area (Å²) in [5.74, 6) is -2.81. The first kappa shape index (κ1) is 31.4. The van der Waals surface area contributed by atoms with Gasteiger partial charge in [0.2, 0.25) is 0 Å². The Kier molecular flexibility index (Phi) is 8.81. The Labute approximate surface area is 266 Å². The van der Waals surface area contributed by atoms with Crippen molar-refractivity contribution in [1.82, 2.24) is 19.8 Å². The largest absolute Gasteiger partial charge is 0.326 e. The van der Waals surface area contributed by atoms with Crippen molar-refractivity contribution in [2.45, 2.75) is 76.8 Å². The van der Waals surface area contributed by atoms with Crippen molar-refractivity contribution >= 4 is 29.2 Å². The number of aromatic nitrogens is 2. The SMILES string of the molecule is CC.O=C(Nc1cc(-c2ccc(Cl)cc2C(=O)N2CC(F)(F)C2)cc(C2CC2)n1)c1cc(CNCC2CC2)cn(C2CC2)c1=O. The number of alkyl halides is 2. The van der Waals surface area contributed by atoms with Crippen LogP contribution in [0.1, 0.15) is 96.3 Å². The molecule has 2 aromatic heterocycles. The van der Waals surface area contributed by atoms with Crippen molar-refractivity contribution in [3.05, 3.63) is 80.4 Å². The molecule has 45 heavy (non-hydrogen) atoms. The van der Waals surface area contributed by atoms with Crippen molar-refractivity contribution < 1.29 is 18.4 Å². The summed E-state index contributed by atoms with van der Waals surface area (Å²) in [7, 11) is 0. The van der Waals surface area contributed by atoms with Gasteiger partial charge in [0.15, 0.2) is 0 Å². The van der Waals surface area contributed by atoms with Crippen LogP contribution in [0.2, 0.25) is 5.02 Å². The molecule has 0 spiro atoms. The summed E-state index contributed by atoms with van der Waals surface area (Å²) in [6, 6.07) is 10.1. The van der Waals surface area contributed by atoms with Crippen molar-refractivity contribution in [1.29, 1.82) is 0 Å². The van der Waals surface area contributed by atoms with Gasteiger partial charge in [0.1, 0.15) is 11.4 Å². The lowest BCUT2D eigenvalue weighted by Gasteiger charge is -2.39. The Balaban J connectivity index is 0.00000175. The monoisotopic (exact) mass is 637 g/mol. The molecule has 1 saturated heterocycles. The average Bonchev–Trinajstić information content (AvgIpc) is 3.86. The molecular weight excluding hydrogens is 600 g/mol. The summed E-state index contributed by atoms with van der Waals surface area (Å²) < 4.78 is 28.8. The maximum Gasteiger partial charge on any atom is 0.282 e. The average molecular weight is 638 g/mol. The molecule has 0 unspecified atom stereocenters. The zero-order chi connectivity index (χ0) is 31.9. The molecule has 7 rings (SSSR count). The van der Waals surface area contributed by atoms with Gasteiger partial charge in [-0.05, 0) is 98.0 Å². The summed E-state index contributed by atoms with van der Waals surface area (Å²) in [4.78, 5) is 46.0. The van der Waals surface area contributed by atoms with Gasteiger partial charge in [0, 0.05) is 41.0 Å². The van der Waals surface area contributed by atoms with E-state index in [4.69, 9.17) is 11.6 Å². The van der Waals surface area contributed by atoms with E-state index in [1.165, 1.54) is 18.9 Å². The molecule has 3 saturated carbocycles. The maximum atomic E-state index is 13.6. The van der Waals surface area contributed by atoms with Gasteiger partial charge in [0.25, 0.3) is 23.3 Å². The lowest BCUT2D eigenvalue weighted by Crippen LogP contribution is -2.58. The number of nitrogens with one attached hydrogen (secondary N) is 2. The molecule has 2 amide bonds. The van der Waals surface area contributed by atoms with Crippen LogP contribution in [-0.2, 0) is 6.54 Å². The molecule has 4 aliphatic rings. The van der Waals surface area contributed by atoms with Gasteiger partial charge in [-0.1, -0.05) is 31.5 Å². The van der Waals surface area contributed by atoms with Gasteiger partial charge in [-0.15, -0.1) is 0 Å². The lowest BCUT2D eigenvalue weighted by molar-refractivity contribution is -0.113. The molecule has 2 N–H and O–H groups in total.